The number of anilines is 1. The number of hydrogen-bond donors (Lipinski definition) is 1. The number of nitrogens with zero attached hydrogens (tertiary/aromatic N) is 2. The SMILES string of the molecule is N#CC1(c2ccccc2)CCN(C(=O)Nc2c(F)cccc2C(F)(F)F)CC1. The third kappa shape index (κ3) is 3.79. The normalized spacial score (nSPS) is 16.3. The van der Waals surface area contributed by atoms with Gasteiger partial charge in [0.2, 0.25) is 0 Å². The van der Waals surface area contributed by atoms with Crippen molar-refractivity contribution in [1.29, 1.82) is 5.26 Å². The minimum Gasteiger partial charge on any atom is -0.324 e. The molecule has 1 saturated heterocycles. The second-order valence-corrected chi connectivity index (χ2v) is 6.64. The maximum atomic E-state index is 13.9. The molecule has 0 atom stereocenters. The molecule has 1 aliphatic rings. The summed E-state index contributed by atoms with van der Waals surface area (Å²) in [4.78, 5) is 13.7. The fourth-order valence-electron chi connectivity index (χ4n) is 3.39. The van der Waals surface area contributed by atoms with Crippen molar-refractivity contribution >= 4 is 11.7 Å². The van der Waals surface area contributed by atoms with Gasteiger partial charge in [0.05, 0.1) is 22.7 Å². The van der Waals surface area contributed by atoms with Crippen LogP contribution in [0, 0.1) is 17.1 Å². The first-order chi connectivity index (χ1) is 13.3. The zero-order valence-corrected chi connectivity index (χ0v) is 14.8. The van der Waals surface area contributed by atoms with Crippen molar-refractivity contribution in [1.82, 2.24) is 4.90 Å². The second-order valence-electron chi connectivity index (χ2n) is 6.64. The van der Waals surface area contributed by atoms with Crippen molar-refractivity contribution in [3.8, 4) is 6.07 Å². The molecule has 0 bridgehead atoms. The van der Waals surface area contributed by atoms with Gasteiger partial charge in [-0.15, -0.1) is 0 Å². The zero-order chi connectivity index (χ0) is 20.4. The second kappa shape index (κ2) is 7.50. The van der Waals surface area contributed by atoms with Gasteiger partial charge in [0.15, 0.2) is 0 Å². The predicted molar refractivity (Wildman–Crippen MR) is 95.0 cm³/mol. The molecule has 28 heavy (non-hydrogen) atoms. The largest absolute Gasteiger partial charge is 0.418 e. The number of amides is 2. The van der Waals surface area contributed by atoms with E-state index in [-0.39, 0.29) is 13.1 Å². The summed E-state index contributed by atoms with van der Waals surface area (Å²) in [6.07, 6.45) is -4.12. The van der Waals surface area contributed by atoms with Crippen LogP contribution < -0.4 is 5.32 Å². The molecule has 1 heterocycles. The Kier molecular flexibility index (Phi) is 5.27. The highest BCUT2D eigenvalue weighted by Gasteiger charge is 2.39. The van der Waals surface area contributed by atoms with Crippen LogP contribution >= 0.6 is 0 Å². The number of alkyl halides is 3. The number of hydrogen-bond acceptors (Lipinski definition) is 2. The van der Waals surface area contributed by atoms with Crippen LogP contribution in [0.4, 0.5) is 28.0 Å². The Hall–Kier alpha value is -3.08. The molecule has 1 fully saturated rings. The average molecular weight is 391 g/mol. The van der Waals surface area contributed by atoms with Gasteiger partial charge in [-0.05, 0) is 30.5 Å². The van der Waals surface area contributed by atoms with Crippen molar-refractivity contribution in [2.75, 3.05) is 18.4 Å². The molecule has 0 radical (unpaired) electrons. The van der Waals surface area contributed by atoms with Crippen LogP contribution in [0.3, 0.4) is 0 Å². The van der Waals surface area contributed by atoms with Crippen LogP contribution in [0.15, 0.2) is 48.5 Å². The Morgan fingerprint density at radius 1 is 1.07 bits per heavy atom. The first-order valence-electron chi connectivity index (χ1n) is 8.65. The quantitative estimate of drug-likeness (QED) is 0.738. The van der Waals surface area contributed by atoms with Crippen molar-refractivity contribution < 1.29 is 22.4 Å². The molecule has 2 aromatic rings. The van der Waals surface area contributed by atoms with E-state index in [1.54, 1.807) is 0 Å². The summed E-state index contributed by atoms with van der Waals surface area (Å²) < 4.78 is 53.2. The van der Waals surface area contributed by atoms with Crippen molar-refractivity contribution in [2.24, 2.45) is 0 Å². The van der Waals surface area contributed by atoms with Gasteiger partial charge in [0.25, 0.3) is 0 Å². The van der Waals surface area contributed by atoms with E-state index >= 15 is 0 Å². The van der Waals surface area contributed by atoms with Gasteiger partial charge in [0, 0.05) is 13.1 Å². The van der Waals surface area contributed by atoms with Gasteiger partial charge in [-0.2, -0.15) is 18.4 Å². The highest BCUT2D eigenvalue weighted by molar-refractivity contribution is 5.90. The maximum Gasteiger partial charge on any atom is 0.418 e. The minimum absolute atomic E-state index is 0.171. The Morgan fingerprint density at radius 2 is 1.71 bits per heavy atom. The molecule has 4 nitrogen and oxygen atoms in total. The standard InChI is InChI=1S/C20H17F4N3O/c21-16-8-4-7-15(20(22,23)24)17(16)26-18(28)27-11-9-19(13-25,10-12-27)14-5-2-1-3-6-14/h1-8H,9-12H2,(H,26,28). The van der Waals surface area contributed by atoms with Crippen LogP contribution in [0.25, 0.3) is 0 Å². The van der Waals surface area contributed by atoms with Gasteiger partial charge >= 0.3 is 12.2 Å². The molecule has 2 amide bonds. The number of urea groups is 1. The molecule has 8 heteroatoms. The van der Waals surface area contributed by atoms with Gasteiger partial charge in [0.1, 0.15) is 5.82 Å². The predicted octanol–water partition coefficient (Wildman–Crippen LogP) is 4.93. The number of carbonyl (C=O) groups excluding carboxylic acids is 1. The summed E-state index contributed by atoms with van der Waals surface area (Å²) >= 11 is 0. The number of benzene rings is 2. The highest BCUT2D eigenvalue weighted by Crippen LogP contribution is 2.37. The molecular formula is C20H17F4N3O. The first-order valence-corrected chi connectivity index (χ1v) is 8.65. The summed E-state index contributed by atoms with van der Waals surface area (Å²) in [7, 11) is 0. The van der Waals surface area contributed by atoms with Crippen molar-refractivity contribution in [3.63, 3.8) is 0 Å². The molecule has 1 N–H and O–H groups in total. The molecule has 0 aromatic heterocycles. The molecule has 0 unspecified atom stereocenters. The lowest BCUT2D eigenvalue weighted by Gasteiger charge is -2.37. The molecule has 0 spiro atoms. The zero-order valence-electron chi connectivity index (χ0n) is 14.8. The number of para-hydroxylation sites is 1. The van der Waals surface area contributed by atoms with Crippen molar-refractivity contribution in [2.45, 2.75) is 24.4 Å². The van der Waals surface area contributed by atoms with Gasteiger partial charge < -0.3 is 10.2 Å². The number of nitrogens with one attached hydrogen (secondary N) is 1. The van der Waals surface area contributed by atoms with E-state index in [1.807, 2.05) is 35.6 Å². The van der Waals surface area contributed by atoms with E-state index in [0.717, 1.165) is 17.7 Å². The summed E-state index contributed by atoms with van der Waals surface area (Å²) in [6, 6.07) is 13.2. The van der Waals surface area contributed by atoms with E-state index in [0.29, 0.717) is 18.9 Å². The highest BCUT2D eigenvalue weighted by atomic mass is 19.4. The Morgan fingerprint density at radius 3 is 2.29 bits per heavy atom. The molecular weight excluding hydrogens is 374 g/mol. The van der Waals surface area contributed by atoms with E-state index in [9.17, 15) is 27.6 Å². The Labute approximate surface area is 159 Å². The van der Waals surface area contributed by atoms with Gasteiger partial charge in [-0.25, -0.2) is 9.18 Å². The van der Waals surface area contributed by atoms with Crippen LogP contribution in [0.2, 0.25) is 0 Å². The summed E-state index contributed by atoms with van der Waals surface area (Å²) in [6.45, 7) is 0.341. The van der Waals surface area contributed by atoms with Crippen LogP contribution in [0.1, 0.15) is 24.0 Å². The summed E-state index contributed by atoms with van der Waals surface area (Å²) in [5.41, 5.74) is -2.05. The number of rotatable bonds is 2. The summed E-state index contributed by atoms with van der Waals surface area (Å²) in [5.74, 6) is -1.16. The average Bonchev–Trinajstić information content (AvgIpc) is 2.69. The Balaban J connectivity index is 1.75. The maximum absolute atomic E-state index is 13.9. The van der Waals surface area contributed by atoms with E-state index < -0.39 is 34.7 Å². The van der Waals surface area contributed by atoms with Crippen LogP contribution in [-0.4, -0.2) is 24.0 Å². The topological polar surface area (TPSA) is 56.1 Å². The fraction of sp³-hybridized carbons (Fsp3) is 0.300. The molecule has 146 valence electrons. The lowest BCUT2D eigenvalue weighted by molar-refractivity contribution is -0.137. The minimum atomic E-state index is -4.80. The summed E-state index contributed by atoms with van der Waals surface area (Å²) in [5, 5.41) is 11.7. The molecule has 1 aliphatic heterocycles. The van der Waals surface area contributed by atoms with Crippen molar-refractivity contribution in [3.05, 3.63) is 65.5 Å². The molecule has 3 rings (SSSR count). The lowest BCUT2D eigenvalue weighted by atomic mass is 9.74. The lowest BCUT2D eigenvalue weighted by Crippen LogP contribution is -2.46. The van der Waals surface area contributed by atoms with E-state index in [4.69, 9.17) is 0 Å². The monoisotopic (exact) mass is 391 g/mol. The molecule has 0 aliphatic carbocycles. The van der Waals surface area contributed by atoms with Gasteiger partial charge in [-0.3, -0.25) is 0 Å². The molecule has 2 aromatic carbocycles. The van der Waals surface area contributed by atoms with Crippen LogP contribution in [-0.2, 0) is 11.6 Å². The third-order valence-electron chi connectivity index (χ3n) is 5.00. The number of piperidine rings is 1. The van der Waals surface area contributed by atoms with Gasteiger partial charge in [-0.1, -0.05) is 36.4 Å². The first kappa shape index (κ1) is 19.7. The number of carbonyl (C=O) groups is 1. The third-order valence-corrected chi connectivity index (χ3v) is 5.00. The van der Waals surface area contributed by atoms with E-state index in [2.05, 4.69) is 6.07 Å². The van der Waals surface area contributed by atoms with E-state index in [1.165, 1.54) is 4.90 Å². The smallest absolute Gasteiger partial charge is 0.324 e. The Bertz CT molecular complexity index is 898. The fourth-order valence-corrected chi connectivity index (χ4v) is 3.39. The molecule has 0 saturated carbocycles. The number of nitriles is 1. The number of halogens is 4. The number of likely N-dealkylation sites (tertiary alicyclic amines) is 1. The van der Waals surface area contributed by atoms with Crippen LogP contribution in [0.5, 0.6) is 0 Å².